The molecule has 0 bridgehead atoms. The summed E-state index contributed by atoms with van der Waals surface area (Å²) in [5.74, 6) is 0. The van der Waals surface area contributed by atoms with Crippen molar-refractivity contribution in [1.82, 2.24) is 0 Å². The molecule has 0 spiro atoms. The molecule has 2 heteroatoms. The summed E-state index contributed by atoms with van der Waals surface area (Å²) >= 11 is 0. The summed E-state index contributed by atoms with van der Waals surface area (Å²) in [7, 11) is 8.36. The molecule has 0 saturated heterocycles. The van der Waals surface area contributed by atoms with E-state index in [2.05, 4.69) is 123 Å². The molecule has 0 aromatic heterocycles. The first-order valence-corrected chi connectivity index (χ1v) is 11.1. The molecular weight excluding hydrogens is 388 g/mol. The van der Waals surface area contributed by atoms with Crippen molar-refractivity contribution in [3.05, 3.63) is 84.9 Å². The van der Waals surface area contributed by atoms with Gasteiger partial charge in [0.15, 0.2) is 0 Å². The minimum Gasteiger partial charge on any atom is -0.378 e. The number of hydrogen-bond acceptors (Lipinski definition) is 2. The van der Waals surface area contributed by atoms with E-state index < -0.39 is 0 Å². The van der Waals surface area contributed by atoms with Gasteiger partial charge in [0.05, 0.1) is 0 Å². The highest BCUT2D eigenvalue weighted by atomic mass is 15.1. The first kappa shape index (κ1) is 18.9. The van der Waals surface area contributed by atoms with Gasteiger partial charge in [-0.2, -0.15) is 0 Å². The monoisotopic (exact) mass is 414 g/mol. The summed E-state index contributed by atoms with van der Waals surface area (Å²) in [5, 5.41) is 13.0. The van der Waals surface area contributed by atoms with Gasteiger partial charge in [-0.25, -0.2) is 0 Å². The van der Waals surface area contributed by atoms with Crippen LogP contribution in [0.15, 0.2) is 84.9 Å². The second kappa shape index (κ2) is 6.86. The van der Waals surface area contributed by atoms with Crippen LogP contribution in [0.3, 0.4) is 0 Å². The maximum absolute atomic E-state index is 2.35. The van der Waals surface area contributed by atoms with Crippen molar-refractivity contribution in [2.45, 2.75) is 0 Å². The molecule has 0 aliphatic rings. The lowest BCUT2D eigenvalue weighted by molar-refractivity contribution is 1.14. The van der Waals surface area contributed by atoms with Crippen LogP contribution >= 0.6 is 0 Å². The molecule has 0 amide bonds. The fourth-order valence-electron chi connectivity index (χ4n) is 4.90. The number of nitrogens with zero attached hydrogens (tertiary/aromatic N) is 2. The van der Waals surface area contributed by atoms with E-state index in [-0.39, 0.29) is 0 Å². The summed E-state index contributed by atoms with van der Waals surface area (Å²) in [6.07, 6.45) is 0. The van der Waals surface area contributed by atoms with E-state index in [1.54, 1.807) is 0 Å². The highest BCUT2D eigenvalue weighted by Gasteiger charge is 2.09. The molecule has 0 unspecified atom stereocenters. The maximum atomic E-state index is 2.35. The van der Waals surface area contributed by atoms with Crippen LogP contribution in [0.5, 0.6) is 0 Å². The normalized spacial score (nSPS) is 11.8. The molecule has 6 rings (SSSR count). The van der Waals surface area contributed by atoms with Gasteiger partial charge in [-0.05, 0) is 102 Å². The average molecular weight is 415 g/mol. The van der Waals surface area contributed by atoms with Gasteiger partial charge in [-0.1, -0.05) is 36.4 Å². The zero-order valence-corrected chi connectivity index (χ0v) is 19.0. The molecule has 6 aromatic carbocycles. The van der Waals surface area contributed by atoms with Gasteiger partial charge in [0.25, 0.3) is 0 Å². The zero-order chi connectivity index (χ0) is 22.0. The van der Waals surface area contributed by atoms with Gasteiger partial charge in [0.1, 0.15) is 0 Å². The van der Waals surface area contributed by atoms with Crippen molar-refractivity contribution in [3.8, 4) is 0 Å². The Bertz CT molecular complexity index is 1550. The number of rotatable bonds is 2. The minimum absolute atomic E-state index is 1.23. The molecular formula is C30H26N2. The summed E-state index contributed by atoms with van der Waals surface area (Å²) in [6, 6.07) is 31.9. The van der Waals surface area contributed by atoms with Gasteiger partial charge in [-0.15, -0.1) is 0 Å². The predicted molar refractivity (Wildman–Crippen MR) is 143 cm³/mol. The molecule has 0 heterocycles. The van der Waals surface area contributed by atoms with Crippen molar-refractivity contribution >= 4 is 65.2 Å². The quantitative estimate of drug-likeness (QED) is 0.213. The molecule has 0 aliphatic heterocycles. The van der Waals surface area contributed by atoms with Crippen molar-refractivity contribution in [1.29, 1.82) is 0 Å². The van der Waals surface area contributed by atoms with E-state index in [0.29, 0.717) is 0 Å². The maximum Gasteiger partial charge on any atom is 0.0367 e. The molecule has 0 aliphatic carbocycles. The van der Waals surface area contributed by atoms with Crippen LogP contribution in [0.4, 0.5) is 11.4 Å². The Morgan fingerprint density at radius 3 is 1.16 bits per heavy atom. The average Bonchev–Trinajstić information content (AvgIpc) is 2.80. The number of fused-ring (bicyclic) bond motifs is 7. The molecule has 0 atom stereocenters. The van der Waals surface area contributed by atoms with E-state index in [1.165, 1.54) is 65.2 Å². The zero-order valence-electron chi connectivity index (χ0n) is 19.0. The van der Waals surface area contributed by atoms with Gasteiger partial charge in [0.2, 0.25) is 0 Å². The van der Waals surface area contributed by atoms with Crippen LogP contribution in [0, 0.1) is 0 Å². The van der Waals surface area contributed by atoms with Crippen LogP contribution in [0.2, 0.25) is 0 Å². The third-order valence-electron chi connectivity index (χ3n) is 6.75. The number of anilines is 2. The summed E-state index contributed by atoms with van der Waals surface area (Å²) in [5.41, 5.74) is 2.46. The van der Waals surface area contributed by atoms with Crippen molar-refractivity contribution in [3.63, 3.8) is 0 Å². The van der Waals surface area contributed by atoms with Crippen LogP contribution in [0.25, 0.3) is 53.9 Å². The highest BCUT2D eigenvalue weighted by molar-refractivity contribution is 6.21. The lowest BCUT2D eigenvalue weighted by atomic mass is 9.93. The first-order valence-electron chi connectivity index (χ1n) is 11.1. The minimum atomic E-state index is 1.23. The van der Waals surface area contributed by atoms with Crippen molar-refractivity contribution < 1.29 is 0 Å². The molecule has 0 saturated carbocycles. The van der Waals surface area contributed by atoms with E-state index in [1.807, 2.05) is 0 Å². The van der Waals surface area contributed by atoms with Crippen LogP contribution in [-0.4, -0.2) is 28.2 Å². The smallest absolute Gasteiger partial charge is 0.0367 e. The third-order valence-corrected chi connectivity index (χ3v) is 6.75. The van der Waals surface area contributed by atoms with Crippen molar-refractivity contribution in [2.24, 2.45) is 0 Å². The van der Waals surface area contributed by atoms with Gasteiger partial charge < -0.3 is 9.80 Å². The standard InChI is InChI=1S/C30H26N2/c1-31(2)25-9-5-19-17-29-21(13-23(19)15-25)7-11-28-27(29)12-8-22-14-24-16-26(32(3)4)10-6-20(24)18-30(22)28/h5-18H,1-4H3. The lowest BCUT2D eigenvalue weighted by Gasteiger charge is -2.15. The van der Waals surface area contributed by atoms with Crippen LogP contribution < -0.4 is 9.80 Å². The molecule has 156 valence electrons. The Balaban J connectivity index is 1.63. The summed E-state index contributed by atoms with van der Waals surface area (Å²) < 4.78 is 0. The topological polar surface area (TPSA) is 6.48 Å². The Morgan fingerprint density at radius 2 is 0.750 bits per heavy atom. The van der Waals surface area contributed by atoms with E-state index in [0.717, 1.165) is 0 Å². The Kier molecular flexibility index (Phi) is 4.06. The van der Waals surface area contributed by atoms with E-state index in [9.17, 15) is 0 Å². The fraction of sp³-hybridized carbons (Fsp3) is 0.133. The number of hydrogen-bond donors (Lipinski definition) is 0. The van der Waals surface area contributed by atoms with Crippen LogP contribution in [-0.2, 0) is 0 Å². The van der Waals surface area contributed by atoms with Gasteiger partial charge in [0, 0.05) is 39.6 Å². The first-order chi connectivity index (χ1) is 15.5. The fourth-order valence-corrected chi connectivity index (χ4v) is 4.90. The van der Waals surface area contributed by atoms with Crippen molar-refractivity contribution in [2.75, 3.05) is 38.0 Å². The second-order valence-electron chi connectivity index (χ2n) is 9.22. The summed E-state index contributed by atoms with van der Waals surface area (Å²) in [6.45, 7) is 0. The molecule has 32 heavy (non-hydrogen) atoms. The Morgan fingerprint density at radius 1 is 0.344 bits per heavy atom. The van der Waals surface area contributed by atoms with Gasteiger partial charge in [-0.3, -0.25) is 0 Å². The molecule has 0 fully saturated rings. The molecule has 2 nitrogen and oxygen atoms in total. The number of benzene rings is 6. The lowest BCUT2D eigenvalue weighted by Crippen LogP contribution is -2.08. The third kappa shape index (κ3) is 2.87. The van der Waals surface area contributed by atoms with Gasteiger partial charge >= 0.3 is 0 Å². The molecule has 0 N–H and O–H groups in total. The second-order valence-corrected chi connectivity index (χ2v) is 9.22. The Labute approximate surface area is 188 Å². The Hall–Kier alpha value is -3.78. The molecule has 6 aromatic rings. The highest BCUT2D eigenvalue weighted by Crippen LogP contribution is 2.36. The van der Waals surface area contributed by atoms with Crippen LogP contribution in [0.1, 0.15) is 0 Å². The largest absolute Gasteiger partial charge is 0.378 e. The van der Waals surface area contributed by atoms with E-state index in [4.69, 9.17) is 0 Å². The molecule has 0 radical (unpaired) electrons. The summed E-state index contributed by atoms with van der Waals surface area (Å²) in [4.78, 5) is 4.31. The predicted octanol–water partition coefficient (Wildman–Crippen LogP) is 7.58. The SMILES string of the molecule is CN(C)c1ccc2cc3c(ccc4c5cc6ccc(N(C)C)cc6cc5ccc34)cc2c1. The van der Waals surface area contributed by atoms with E-state index >= 15 is 0 Å².